The van der Waals surface area contributed by atoms with Gasteiger partial charge in [-0.15, -0.1) is 11.6 Å². The van der Waals surface area contributed by atoms with Gasteiger partial charge in [0.15, 0.2) is 0 Å². The summed E-state index contributed by atoms with van der Waals surface area (Å²) in [5, 5.41) is 3.41. The second-order valence-electron chi connectivity index (χ2n) is 4.41. The van der Waals surface area contributed by atoms with Crippen molar-refractivity contribution in [3.05, 3.63) is 34.4 Å². The Labute approximate surface area is 104 Å². The highest BCUT2D eigenvalue weighted by Gasteiger charge is 2.01. The normalized spacial score (nSPS) is 10.8. The molecule has 2 heteroatoms. The number of aryl methyl sites for hydroxylation is 3. The molecule has 0 radical (unpaired) electrons. The van der Waals surface area contributed by atoms with E-state index in [2.05, 4.69) is 38.2 Å². The molecule has 1 nitrogen and oxygen atoms in total. The zero-order chi connectivity index (χ0) is 12.0. The van der Waals surface area contributed by atoms with Gasteiger partial charge in [-0.1, -0.05) is 12.1 Å². The van der Waals surface area contributed by atoms with E-state index in [1.165, 1.54) is 22.3 Å². The highest BCUT2D eigenvalue weighted by Crippen LogP contribution is 2.15. The van der Waals surface area contributed by atoms with E-state index in [1.54, 1.807) is 0 Å². The molecule has 0 saturated carbocycles. The summed E-state index contributed by atoms with van der Waals surface area (Å²) in [6.45, 7) is 8.61. The molecule has 0 aliphatic carbocycles. The first kappa shape index (κ1) is 13.5. The average Bonchev–Trinajstić information content (AvgIpc) is 2.25. The van der Waals surface area contributed by atoms with Crippen molar-refractivity contribution in [2.24, 2.45) is 0 Å². The maximum absolute atomic E-state index is 5.62. The number of benzene rings is 1. The SMILES string of the molecule is Cc1cc(C)c(CCNCCCCl)cc1C. The van der Waals surface area contributed by atoms with E-state index in [1.807, 2.05) is 0 Å². The van der Waals surface area contributed by atoms with Crippen molar-refractivity contribution in [3.8, 4) is 0 Å². The van der Waals surface area contributed by atoms with Gasteiger partial charge < -0.3 is 5.32 Å². The molecular weight excluding hydrogens is 218 g/mol. The molecule has 0 aliphatic rings. The zero-order valence-corrected chi connectivity index (χ0v) is 11.3. The molecule has 1 rings (SSSR count). The number of hydrogen-bond acceptors (Lipinski definition) is 1. The van der Waals surface area contributed by atoms with E-state index in [0.717, 1.165) is 31.8 Å². The molecule has 0 bridgehead atoms. The van der Waals surface area contributed by atoms with Gasteiger partial charge in [0.05, 0.1) is 0 Å². The molecule has 90 valence electrons. The van der Waals surface area contributed by atoms with Crippen LogP contribution in [-0.4, -0.2) is 19.0 Å². The van der Waals surface area contributed by atoms with E-state index in [0.29, 0.717) is 0 Å². The number of nitrogens with one attached hydrogen (secondary N) is 1. The maximum atomic E-state index is 5.62. The van der Waals surface area contributed by atoms with Gasteiger partial charge in [0.1, 0.15) is 0 Å². The summed E-state index contributed by atoms with van der Waals surface area (Å²) in [7, 11) is 0. The van der Waals surface area contributed by atoms with Gasteiger partial charge in [-0.05, 0) is 69.0 Å². The first-order chi connectivity index (χ1) is 7.65. The summed E-state index contributed by atoms with van der Waals surface area (Å²) >= 11 is 5.62. The minimum Gasteiger partial charge on any atom is -0.316 e. The first-order valence-electron chi connectivity index (χ1n) is 5.98. The quantitative estimate of drug-likeness (QED) is 0.593. The van der Waals surface area contributed by atoms with Gasteiger partial charge in [0.2, 0.25) is 0 Å². The van der Waals surface area contributed by atoms with Crippen LogP contribution < -0.4 is 5.32 Å². The van der Waals surface area contributed by atoms with Crippen molar-refractivity contribution >= 4 is 11.6 Å². The van der Waals surface area contributed by atoms with Gasteiger partial charge in [0, 0.05) is 5.88 Å². The lowest BCUT2D eigenvalue weighted by molar-refractivity contribution is 0.672. The lowest BCUT2D eigenvalue weighted by atomic mass is 9.99. The highest BCUT2D eigenvalue weighted by molar-refractivity contribution is 6.17. The molecule has 1 aromatic carbocycles. The van der Waals surface area contributed by atoms with Crippen molar-refractivity contribution in [2.75, 3.05) is 19.0 Å². The zero-order valence-electron chi connectivity index (χ0n) is 10.6. The van der Waals surface area contributed by atoms with Gasteiger partial charge in [-0.2, -0.15) is 0 Å². The van der Waals surface area contributed by atoms with Crippen LogP contribution in [0.5, 0.6) is 0 Å². The first-order valence-corrected chi connectivity index (χ1v) is 6.52. The van der Waals surface area contributed by atoms with E-state index in [-0.39, 0.29) is 0 Å². The predicted octanol–water partition coefficient (Wildman–Crippen LogP) is 3.37. The number of halogens is 1. The van der Waals surface area contributed by atoms with Gasteiger partial charge >= 0.3 is 0 Å². The van der Waals surface area contributed by atoms with E-state index in [9.17, 15) is 0 Å². The van der Waals surface area contributed by atoms with Crippen molar-refractivity contribution in [2.45, 2.75) is 33.6 Å². The largest absolute Gasteiger partial charge is 0.316 e. The lowest BCUT2D eigenvalue weighted by Crippen LogP contribution is -2.19. The molecule has 0 spiro atoms. The summed E-state index contributed by atoms with van der Waals surface area (Å²) in [6.07, 6.45) is 2.16. The van der Waals surface area contributed by atoms with Crippen LogP contribution >= 0.6 is 11.6 Å². The van der Waals surface area contributed by atoms with Crippen LogP contribution in [0.4, 0.5) is 0 Å². The second kappa shape index (κ2) is 6.93. The summed E-state index contributed by atoms with van der Waals surface area (Å²) in [5.74, 6) is 0.746. The molecule has 0 atom stereocenters. The van der Waals surface area contributed by atoms with Crippen molar-refractivity contribution in [3.63, 3.8) is 0 Å². The molecule has 1 N–H and O–H groups in total. The summed E-state index contributed by atoms with van der Waals surface area (Å²) in [5.41, 5.74) is 5.64. The molecule has 0 aliphatic heterocycles. The van der Waals surface area contributed by atoms with E-state index >= 15 is 0 Å². The number of rotatable bonds is 6. The Bertz CT molecular complexity index is 334. The molecule has 0 unspecified atom stereocenters. The highest BCUT2D eigenvalue weighted by atomic mass is 35.5. The Kier molecular flexibility index (Phi) is 5.86. The molecule has 0 aromatic heterocycles. The van der Waals surface area contributed by atoms with Crippen LogP contribution in [0.15, 0.2) is 12.1 Å². The number of hydrogen-bond donors (Lipinski definition) is 1. The van der Waals surface area contributed by atoms with Crippen LogP contribution in [0, 0.1) is 20.8 Å². The maximum Gasteiger partial charge on any atom is 0.0235 e. The van der Waals surface area contributed by atoms with Gasteiger partial charge in [-0.25, -0.2) is 0 Å². The van der Waals surface area contributed by atoms with Crippen LogP contribution in [0.25, 0.3) is 0 Å². The molecule has 1 aromatic rings. The molecule has 0 heterocycles. The van der Waals surface area contributed by atoms with Crippen molar-refractivity contribution in [1.29, 1.82) is 0 Å². The Morgan fingerprint density at radius 3 is 2.38 bits per heavy atom. The predicted molar refractivity (Wildman–Crippen MR) is 72.6 cm³/mol. The fourth-order valence-electron chi connectivity index (χ4n) is 1.83. The third-order valence-electron chi connectivity index (χ3n) is 3.01. The Morgan fingerprint density at radius 1 is 1.00 bits per heavy atom. The lowest BCUT2D eigenvalue weighted by Gasteiger charge is -2.10. The van der Waals surface area contributed by atoms with Crippen LogP contribution in [-0.2, 0) is 6.42 Å². The van der Waals surface area contributed by atoms with Crippen LogP contribution in [0.3, 0.4) is 0 Å². The third kappa shape index (κ3) is 4.15. The monoisotopic (exact) mass is 239 g/mol. The molecule has 0 saturated heterocycles. The third-order valence-corrected chi connectivity index (χ3v) is 3.28. The van der Waals surface area contributed by atoms with Gasteiger partial charge in [-0.3, -0.25) is 0 Å². The Hall–Kier alpha value is -0.530. The minimum atomic E-state index is 0.746. The van der Waals surface area contributed by atoms with Crippen LogP contribution in [0.1, 0.15) is 28.7 Å². The van der Waals surface area contributed by atoms with Crippen molar-refractivity contribution < 1.29 is 0 Å². The van der Waals surface area contributed by atoms with Gasteiger partial charge in [0.25, 0.3) is 0 Å². The molecule has 16 heavy (non-hydrogen) atoms. The summed E-state index contributed by atoms with van der Waals surface area (Å²) in [6, 6.07) is 4.59. The number of alkyl halides is 1. The molecule has 0 amide bonds. The Morgan fingerprint density at radius 2 is 1.69 bits per heavy atom. The topological polar surface area (TPSA) is 12.0 Å². The average molecular weight is 240 g/mol. The summed E-state index contributed by atoms with van der Waals surface area (Å²) < 4.78 is 0. The second-order valence-corrected chi connectivity index (χ2v) is 4.78. The standard InChI is InChI=1S/C14H22ClN/c1-11-9-13(3)14(10-12(11)2)5-8-16-7-4-6-15/h9-10,16H,4-8H2,1-3H3. The molecule has 0 fully saturated rings. The Balaban J connectivity index is 2.45. The smallest absolute Gasteiger partial charge is 0.0235 e. The minimum absolute atomic E-state index is 0.746. The van der Waals surface area contributed by atoms with Crippen molar-refractivity contribution in [1.82, 2.24) is 5.32 Å². The fourth-order valence-corrected chi connectivity index (χ4v) is 1.96. The van der Waals surface area contributed by atoms with Crippen LogP contribution in [0.2, 0.25) is 0 Å². The van der Waals surface area contributed by atoms with E-state index < -0.39 is 0 Å². The molecular formula is C14H22ClN. The fraction of sp³-hybridized carbons (Fsp3) is 0.571. The van der Waals surface area contributed by atoms with E-state index in [4.69, 9.17) is 11.6 Å². The summed E-state index contributed by atoms with van der Waals surface area (Å²) in [4.78, 5) is 0.